The number of aliphatic carboxylic acids is 2. The fourth-order valence-corrected chi connectivity index (χ4v) is 6.16. The highest BCUT2D eigenvalue weighted by Gasteiger charge is 2.12. The van der Waals surface area contributed by atoms with E-state index in [1.807, 2.05) is 100 Å². The summed E-state index contributed by atoms with van der Waals surface area (Å²) in [5.41, 5.74) is 5.12. The molecule has 12 heteroatoms. The van der Waals surface area contributed by atoms with Gasteiger partial charge >= 0.3 is 11.9 Å². The molecule has 308 valence electrons. The fraction of sp³-hybridized carbons (Fsp3) is 0.348. The monoisotopic (exact) mass is 794 g/mol. The van der Waals surface area contributed by atoms with Crippen LogP contribution in [-0.4, -0.2) is 57.5 Å². The van der Waals surface area contributed by atoms with Gasteiger partial charge < -0.3 is 48.6 Å². The number of aromatic amines is 2. The Morgan fingerprint density at radius 1 is 0.534 bits per heavy atom. The molecule has 0 aliphatic heterocycles. The highest BCUT2D eigenvalue weighted by atomic mass is 16.5. The van der Waals surface area contributed by atoms with Crippen LogP contribution in [0.1, 0.15) is 76.6 Å². The lowest BCUT2D eigenvalue weighted by molar-refractivity contribution is -0.137. The Labute approximate surface area is 339 Å². The Hall–Kier alpha value is -6.30. The lowest BCUT2D eigenvalue weighted by atomic mass is 10.1. The molecule has 0 radical (unpaired) electrons. The summed E-state index contributed by atoms with van der Waals surface area (Å²) in [5.74, 6) is 2.64. The molecule has 0 aliphatic carbocycles. The molecule has 0 atom stereocenters. The van der Waals surface area contributed by atoms with Crippen molar-refractivity contribution in [2.24, 2.45) is 0 Å². The quantitative estimate of drug-likeness (QED) is 0.0585. The van der Waals surface area contributed by atoms with Gasteiger partial charge in [-0.25, -0.2) is 0 Å². The van der Waals surface area contributed by atoms with Crippen LogP contribution in [0.2, 0.25) is 0 Å². The second-order valence-corrected chi connectivity index (χ2v) is 14.4. The minimum Gasteiger partial charge on any atom is -0.493 e. The van der Waals surface area contributed by atoms with Crippen molar-refractivity contribution >= 4 is 33.7 Å². The summed E-state index contributed by atoms with van der Waals surface area (Å²) in [6.07, 6.45) is 5.37. The molecule has 0 spiro atoms. The largest absolute Gasteiger partial charge is 0.493 e. The maximum atomic E-state index is 11.1. The van der Waals surface area contributed by atoms with Crippen molar-refractivity contribution in [1.29, 1.82) is 0 Å². The molecule has 0 bridgehead atoms. The Kier molecular flexibility index (Phi) is 15.3. The van der Waals surface area contributed by atoms with E-state index in [2.05, 4.69) is 23.8 Å². The number of aromatic nitrogens is 2. The first-order valence-corrected chi connectivity index (χ1v) is 19.6. The molecule has 2 heterocycles. The zero-order valence-corrected chi connectivity index (χ0v) is 34.1. The van der Waals surface area contributed by atoms with E-state index >= 15 is 0 Å². The summed E-state index contributed by atoms with van der Waals surface area (Å²) in [5, 5.41) is 19.9. The molecule has 0 aliphatic rings. The zero-order valence-electron chi connectivity index (χ0n) is 34.1. The second kappa shape index (κ2) is 20.7. The molecular formula is C46H54N2O10. The van der Waals surface area contributed by atoms with Crippen LogP contribution in [0, 0.1) is 0 Å². The van der Waals surface area contributed by atoms with Gasteiger partial charge in [0, 0.05) is 46.3 Å². The minimum atomic E-state index is -0.864. The topological polar surface area (TPSA) is 162 Å². The van der Waals surface area contributed by atoms with Gasteiger partial charge in [0.2, 0.25) is 0 Å². The van der Waals surface area contributed by atoms with Crippen LogP contribution in [0.15, 0.2) is 85.2 Å². The first-order chi connectivity index (χ1) is 27.9. The van der Waals surface area contributed by atoms with Gasteiger partial charge in [0.15, 0.2) is 0 Å². The number of fused-ring (bicyclic) bond motifs is 2. The van der Waals surface area contributed by atoms with Crippen molar-refractivity contribution in [2.75, 3.05) is 13.2 Å². The van der Waals surface area contributed by atoms with E-state index in [9.17, 15) is 9.59 Å². The van der Waals surface area contributed by atoms with Crippen molar-refractivity contribution in [3.8, 4) is 34.5 Å². The van der Waals surface area contributed by atoms with Gasteiger partial charge in [-0.1, -0.05) is 13.8 Å². The zero-order chi connectivity index (χ0) is 41.6. The Balaban J connectivity index is 0.000000221. The molecule has 4 N–H and O–H groups in total. The van der Waals surface area contributed by atoms with E-state index in [-0.39, 0.29) is 25.0 Å². The molecule has 2 aromatic heterocycles. The number of carboxylic acids is 2. The van der Waals surface area contributed by atoms with Crippen molar-refractivity contribution in [2.45, 2.75) is 92.6 Å². The molecule has 12 nitrogen and oxygen atoms in total. The number of benzene rings is 4. The number of nitrogens with one attached hydrogen (secondary N) is 2. The Morgan fingerprint density at radius 3 is 1.31 bits per heavy atom. The van der Waals surface area contributed by atoms with Crippen LogP contribution >= 0.6 is 0 Å². The maximum Gasteiger partial charge on any atom is 0.307 e. The predicted molar refractivity (Wildman–Crippen MR) is 224 cm³/mol. The van der Waals surface area contributed by atoms with E-state index in [4.69, 9.17) is 38.6 Å². The van der Waals surface area contributed by atoms with Crippen molar-refractivity contribution in [3.63, 3.8) is 0 Å². The van der Waals surface area contributed by atoms with Gasteiger partial charge in [-0.3, -0.25) is 9.59 Å². The fourth-order valence-electron chi connectivity index (χ4n) is 6.16. The van der Waals surface area contributed by atoms with E-state index in [0.29, 0.717) is 37.9 Å². The van der Waals surface area contributed by atoms with Gasteiger partial charge in [-0.2, -0.15) is 0 Å². The molecule has 0 unspecified atom stereocenters. The minimum absolute atomic E-state index is 0.0294. The summed E-state index contributed by atoms with van der Waals surface area (Å²) in [6, 6.07) is 22.8. The number of hydrogen-bond acceptors (Lipinski definition) is 8. The smallest absolute Gasteiger partial charge is 0.307 e. The van der Waals surface area contributed by atoms with Crippen LogP contribution in [0.5, 0.6) is 34.5 Å². The lowest BCUT2D eigenvalue weighted by Crippen LogP contribution is -2.09. The third-order valence-corrected chi connectivity index (χ3v) is 8.54. The Bertz CT molecular complexity index is 2220. The highest BCUT2D eigenvalue weighted by molar-refractivity contribution is 5.89. The van der Waals surface area contributed by atoms with Crippen LogP contribution in [0.3, 0.4) is 0 Å². The maximum absolute atomic E-state index is 11.1. The van der Waals surface area contributed by atoms with E-state index in [1.165, 1.54) is 0 Å². The number of carbonyl (C=O) groups is 2. The van der Waals surface area contributed by atoms with Gasteiger partial charge in [0.1, 0.15) is 47.7 Å². The number of carboxylic acid groups (broad SMARTS) is 2. The van der Waals surface area contributed by atoms with Crippen LogP contribution in [0.25, 0.3) is 21.8 Å². The molecule has 4 aromatic carbocycles. The van der Waals surface area contributed by atoms with Crippen LogP contribution in [-0.2, 0) is 35.6 Å². The standard InChI is InChI=1S/2C23H27NO5/c1-14(2)28-19-7-16(8-20(10-19)29-15(3)4)13-27-18-5-6-22-21(11-18)17(12-24-22)9-23(25)26;1-3-7-27-19-9-16(10-20(12-19)28-8-4-2)15-29-18-5-6-22-21(13-18)17(14-24-22)11-23(25)26/h5-8,10-12,14-15,24H,9,13H2,1-4H3,(H,25,26);5-6,9-10,12-14,24H,3-4,7-8,11,15H2,1-2H3,(H,25,26). The number of hydrogen-bond donors (Lipinski definition) is 4. The average Bonchev–Trinajstić information content (AvgIpc) is 3.76. The second-order valence-electron chi connectivity index (χ2n) is 14.4. The number of ether oxygens (including phenoxy) is 6. The summed E-state index contributed by atoms with van der Waals surface area (Å²) < 4.78 is 35.2. The van der Waals surface area contributed by atoms with Gasteiger partial charge in [0.25, 0.3) is 0 Å². The van der Waals surface area contributed by atoms with Crippen molar-refractivity contribution in [1.82, 2.24) is 9.97 Å². The molecule has 0 fully saturated rings. The van der Waals surface area contributed by atoms with E-state index in [0.717, 1.165) is 79.9 Å². The third kappa shape index (κ3) is 12.9. The summed E-state index contributed by atoms with van der Waals surface area (Å²) in [7, 11) is 0. The van der Waals surface area contributed by atoms with Crippen LogP contribution in [0.4, 0.5) is 0 Å². The highest BCUT2D eigenvalue weighted by Crippen LogP contribution is 2.30. The van der Waals surface area contributed by atoms with Gasteiger partial charge in [-0.15, -0.1) is 0 Å². The molecule has 6 aromatic rings. The summed E-state index contributed by atoms with van der Waals surface area (Å²) >= 11 is 0. The van der Waals surface area contributed by atoms with E-state index in [1.54, 1.807) is 12.4 Å². The third-order valence-electron chi connectivity index (χ3n) is 8.54. The summed E-state index contributed by atoms with van der Waals surface area (Å²) in [6.45, 7) is 14.0. The normalized spacial score (nSPS) is 11.0. The number of rotatable bonds is 20. The first kappa shape index (κ1) is 42.8. The first-order valence-electron chi connectivity index (χ1n) is 19.6. The SMILES string of the molecule is CC(C)Oc1cc(COc2ccc3[nH]cc(CC(=O)O)c3c2)cc(OC(C)C)c1.CCCOc1cc(COc2ccc3[nH]cc(CC(=O)O)c3c2)cc(OCCC)c1. The lowest BCUT2D eigenvalue weighted by Gasteiger charge is -2.16. The van der Waals surface area contributed by atoms with Crippen molar-refractivity contribution in [3.05, 3.63) is 107 Å². The van der Waals surface area contributed by atoms with Gasteiger partial charge in [0.05, 0.1) is 38.3 Å². The van der Waals surface area contributed by atoms with E-state index < -0.39 is 11.9 Å². The molecular weight excluding hydrogens is 741 g/mol. The predicted octanol–water partition coefficient (Wildman–Crippen LogP) is 9.90. The summed E-state index contributed by atoms with van der Waals surface area (Å²) in [4.78, 5) is 28.3. The molecule has 6 rings (SSSR count). The average molecular weight is 795 g/mol. The molecule has 58 heavy (non-hydrogen) atoms. The van der Waals surface area contributed by atoms with Crippen LogP contribution < -0.4 is 28.4 Å². The Morgan fingerprint density at radius 2 is 0.931 bits per heavy atom. The molecule has 0 saturated carbocycles. The molecule has 0 amide bonds. The molecule has 0 saturated heterocycles. The number of H-pyrrole nitrogens is 2. The van der Waals surface area contributed by atoms with Gasteiger partial charge in [-0.05, 0) is 123 Å². The van der Waals surface area contributed by atoms with Crippen molar-refractivity contribution < 1.29 is 48.2 Å².